The van der Waals surface area contributed by atoms with Crippen LogP contribution in [0.3, 0.4) is 0 Å². The van der Waals surface area contributed by atoms with Crippen molar-refractivity contribution in [2.24, 2.45) is 4.99 Å². The molecule has 2 heterocycles. The molecular formula is C23H19ClN4O2. The lowest BCUT2D eigenvalue weighted by molar-refractivity contribution is 0.0958. The molecule has 7 heteroatoms. The van der Waals surface area contributed by atoms with E-state index in [2.05, 4.69) is 15.3 Å². The molecule has 1 aliphatic rings. The first-order valence-electron chi connectivity index (χ1n) is 9.34. The minimum Gasteiger partial charge on any atom is -0.457 e. The number of nitrogens with zero attached hydrogens (tertiary/aromatic N) is 3. The first kappa shape index (κ1) is 19.7. The highest BCUT2D eigenvalue weighted by atomic mass is 35.5. The predicted molar refractivity (Wildman–Crippen MR) is 119 cm³/mol. The molecule has 150 valence electrons. The lowest BCUT2D eigenvalue weighted by Crippen LogP contribution is -2.21. The van der Waals surface area contributed by atoms with E-state index in [0.717, 1.165) is 17.0 Å². The summed E-state index contributed by atoms with van der Waals surface area (Å²) in [5.41, 5.74) is 3.20. The van der Waals surface area contributed by atoms with Crippen LogP contribution in [0.25, 0.3) is 0 Å². The predicted octanol–water partition coefficient (Wildman–Crippen LogP) is 4.67. The van der Waals surface area contributed by atoms with E-state index in [4.69, 9.17) is 16.3 Å². The maximum Gasteiger partial charge on any atom is 0.269 e. The van der Waals surface area contributed by atoms with Gasteiger partial charge in [0, 0.05) is 41.8 Å². The second-order valence-electron chi connectivity index (χ2n) is 6.53. The van der Waals surface area contributed by atoms with Gasteiger partial charge < -0.3 is 15.0 Å². The van der Waals surface area contributed by atoms with Gasteiger partial charge in [-0.05, 0) is 48.5 Å². The molecule has 0 bridgehead atoms. The van der Waals surface area contributed by atoms with E-state index in [1.807, 2.05) is 65.7 Å². The maximum atomic E-state index is 11.7. The summed E-state index contributed by atoms with van der Waals surface area (Å²) >= 11 is 6.07. The monoisotopic (exact) mass is 418 g/mol. The number of pyridine rings is 1. The third kappa shape index (κ3) is 4.50. The summed E-state index contributed by atoms with van der Waals surface area (Å²) in [4.78, 5) is 22.4. The number of aliphatic imine (C=N–C) groups is 1. The fraction of sp³-hybridized carbons (Fsp3) is 0.0870. The number of benzene rings is 2. The zero-order chi connectivity index (χ0) is 20.9. The molecule has 0 saturated heterocycles. The van der Waals surface area contributed by atoms with Crippen LogP contribution in [-0.2, 0) is 0 Å². The van der Waals surface area contributed by atoms with Gasteiger partial charge in [0.15, 0.2) is 0 Å². The summed E-state index contributed by atoms with van der Waals surface area (Å²) in [6.07, 6.45) is 5.51. The van der Waals surface area contributed by atoms with Crippen molar-refractivity contribution in [2.75, 3.05) is 18.6 Å². The summed E-state index contributed by atoms with van der Waals surface area (Å²) in [5, 5.41) is 3.24. The Bertz CT molecular complexity index is 1130. The van der Waals surface area contributed by atoms with Crippen molar-refractivity contribution in [3.63, 3.8) is 0 Å². The van der Waals surface area contributed by atoms with E-state index < -0.39 is 0 Å². The number of amides is 1. The van der Waals surface area contributed by atoms with Crippen LogP contribution >= 0.6 is 11.6 Å². The maximum absolute atomic E-state index is 11.7. The minimum absolute atomic E-state index is 0.259. The number of hydrogen-bond acceptors (Lipinski definition) is 5. The number of carbonyl (C=O) groups is 1. The van der Waals surface area contributed by atoms with Crippen molar-refractivity contribution >= 4 is 28.9 Å². The number of hydrogen-bond donors (Lipinski definition) is 1. The second kappa shape index (κ2) is 8.80. The number of nitrogens with one attached hydrogen (secondary N) is 1. The lowest BCUT2D eigenvalue weighted by atomic mass is 10.1. The highest BCUT2D eigenvalue weighted by Gasteiger charge is 2.11. The number of carbonyl (C=O) groups excluding carboxylic acids is 1. The fourth-order valence-corrected chi connectivity index (χ4v) is 3.17. The highest BCUT2D eigenvalue weighted by molar-refractivity contribution is 6.31. The molecule has 1 aliphatic heterocycles. The van der Waals surface area contributed by atoms with Crippen molar-refractivity contribution in [1.82, 2.24) is 10.3 Å². The third-order valence-electron chi connectivity index (χ3n) is 4.52. The number of ether oxygens (including phenoxy) is 1. The molecule has 4 rings (SSSR count). The van der Waals surface area contributed by atoms with Crippen molar-refractivity contribution in [2.45, 2.75) is 0 Å². The topological polar surface area (TPSA) is 66.8 Å². The Balaban J connectivity index is 1.42. The van der Waals surface area contributed by atoms with Crippen LogP contribution in [0.2, 0.25) is 5.02 Å². The Labute approximate surface area is 179 Å². The molecular weight excluding hydrogens is 400 g/mol. The van der Waals surface area contributed by atoms with Crippen molar-refractivity contribution in [1.29, 1.82) is 0 Å². The Hall–Kier alpha value is -3.64. The molecule has 1 N–H and O–H groups in total. The first-order valence-corrected chi connectivity index (χ1v) is 9.71. The average Bonchev–Trinajstić information content (AvgIpc) is 2.79. The van der Waals surface area contributed by atoms with Gasteiger partial charge in [-0.3, -0.25) is 14.8 Å². The van der Waals surface area contributed by atoms with Crippen molar-refractivity contribution in [3.8, 4) is 11.5 Å². The lowest BCUT2D eigenvalue weighted by Gasteiger charge is -2.22. The molecule has 0 radical (unpaired) electrons. The van der Waals surface area contributed by atoms with Crippen LogP contribution < -0.4 is 15.0 Å². The van der Waals surface area contributed by atoms with E-state index in [9.17, 15) is 4.79 Å². The average molecular weight is 419 g/mol. The Morgan fingerprint density at radius 2 is 1.93 bits per heavy atom. The molecule has 0 saturated carbocycles. The summed E-state index contributed by atoms with van der Waals surface area (Å²) < 4.78 is 5.85. The van der Waals surface area contributed by atoms with Gasteiger partial charge in [0.05, 0.1) is 5.71 Å². The SMILES string of the molecule is CNC(=O)c1cc(Oc2ccc(N3C=CC(c4cccc(Cl)c4)=NC3)cc2)ccn1. The highest BCUT2D eigenvalue weighted by Crippen LogP contribution is 2.26. The largest absolute Gasteiger partial charge is 0.457 e. The van der Waals surface area contributed by atoms with Gasteiger partial charge in [0.25, 0.3) is 5.91 Å². The van der Waals surface area contributed by atoms with Gasteiger partial charge in [-0.1, -0.05) is 23.7 Å². The van der Waals surface area contributed by atoms with E-state index in [-0.39, 0.29) is 5.91 Å². The van der Waals surface area contributed by atoms with Crippen LogP contribution in [0.4, 0.5) is 5.69 Å². The molecule has 0 aliphatic carbocycles. The van der Waals surface area contributed by atoms with E-state index >= 15 is 0 Å². The summed E-state index contributed by atoms with van der Waals surface area (Å²) in [6, 6.07) is 18.6. The molecule has 3 aromatic rings. The molecule has 6 nitrogen and oxygen atoms in total. The van der Waals surface area contributed by atoms with Crippen LogP contribution in [0.1, 0.15) is 16.1 Å². The number of halogens is 1. The number of anilines is 1. The van der Waals surface area contributed by atoms with Crippen molar-refractivity contribution in [3.05, 3.63) is 95.4 Å². The molecule has 0 fully saturated rings. The Morgan fingerprint density at radius 3 is 2.63 bits per heavy atom. The van der Waals surface area contributed by atoms with Gasteiger partial charge in [-0.25, -0.2) is 0 Å². The first-order chi connectivity index (χ1) is 14.6. The molecule has 0 atom stereocenters. The molecule has 1 amide bonds. The molecule has 0 unspecified atom stereocenters. The Kier molecular flexibility index (Phi) is 5.77. The molecule has 0 spiro atoms. The van der Waals surface area contributed by atoms with Gasteiger partial charge in [0.2, 0.25) is 0 Å². The van der Waals surface area contributed by atoms with Crippen LogP contribution in [0, 0.1) is 0 Å². The number of aromatic nitrogens is 1. The van der Waals surface area contributed by atoms with Crippen LogP contribution in [-0.4, -0.2) is 30.3 Å². The minimum atomic E-state index is -0.259. The summed E-state index contributed by atoms with van der Waals surface area (Å²) in [5.74, 6) is 0.951. The van der Waals surface area contributed by atoms with Gasteiger partial charge in [-0.15, -0.1) is 0 Å². The fourth-order valence-electron chi connectivity index (χ4n) is 2.98. The van der Waals surface area contributed by atoms with E-state index in [1.165, 1.54) is 0 Å². The quantitative estimate of drug-likeness (QED) is 0.654. The standard InChI is InChI=1S/C23H19ClN4O2/c1-25-23(29)22-14-20(9-11-26-22)30-19-7-5-18(6-8-19)28-12-10-21(27-15-28)16-3-2-4-17(24)13-16/h2-14H,15H2,1H3,(H,25,29). The van der Waals surface area contributed by atoms with Crippen molar-refractivity contribution < 1.29 is 9.53 Å². The van der Waals surface area contributed by atoms with Gasteiger partial charge in [-0.2, -0.15) is 0 Å². The smallest absolute Gasteiger partial charge is 0.269 e. The van der Waals surface area contributed by atoms with E-state index in [1.54, 1.807) is 25.4 Å². The molecule has 1 aromatic heterocycles. The third-order valence-corrected chi connectivity index (χ3v) is 4.76. The van der Waals surface area contributed by atoms with Crippen LogP contribution in [0.15, 0.2) is 84.1 Å². The normalized spacial score (nSPS) is 13.0. The zero-order valence-corrected chi connectivity index (χ0v) is 17.0. The summed E-state index contributed by atoms with van der Waals surface area (Å²) in [7, 11) is 1.56. The number of rotatable bonds is 5. The van der Waals surface area contributed by atoms with E-state index in [0.29, 0.717) is 28.9 Å². The number of allylic oxidation sites excluding steroid dienone is 1. The second-order valence-corrected chi connectivity index (χ2v) is 6.97. The van der Waals surface area contributed by atoms with Gasteiger partial charge in [0.1, 0.15) is 23.9 Å². The molecule has 30 heavy (non-hydrogen) atoms. The van der Waals surface area contributed by atoms with Crippen LogP contribution in [0.5, 0.6) is 11.5 Å². The summed E-state index contributed by atoms with van der Waals surface area (Å²) in [6.45, 7) is 0.512. The Morgan fingerprint density at radius 1 is 1.10 bits per heavy atom. The van der Waals surface area contributed by atoms with Gasteiger partial charge >= 0.3 is 0 Å². The molecule has 2 aromatic carbocycles. The zero-order valence-electron chi connectivity index (χ0n) is 16.2.